The van der Waals surface area contributed by atoms with Crippen LogP contribution in [0.2, 0.25) is 0 Å². The van der Waals surface area contributed by atoms with Crippen LogP contribution in [0.15, 0.2) is 48.5 Å². The molecular formula is C27H32O8. The van der Waals surface area contributed by atoms with Crippen LogP contribution in [-0.4, -0.2) is 30.5 Å². The highest BCUT2D eigenvalue weighted by molar-refractivity contribution is 6.01. The van der Waals surface area contributed by atoms with Crippen molar-refractivity contribution in [3.8, 4) is 5.75 Å². The molecule has 2 aromatic rings. The van der Waals surface area contributed by atoms with Gasteiger partial charge in [-0.3, -0.25) is 4.79 Å². The van der Waals surface area contributed by atoms with Gasteiger partial charge in [-0.25, -0.2) is 24.2 Å². The molecule has 0 unspecified atom stereocenters. The van der Waals surface area contributed by atoms with E-state index in [1.807, 2.05) is 6.92 Å². The largest absolute Gasteiger partial charge is 0.513 e. The third-order valence-electron chi connectivity index (χ3n) is 5.14. The van der Waals surface area contributed by atoms with Gasteiger partial charge in [0.15, 0.2) is 5.78 Å². The van der Waals surface area contributed by atoms with Crippen molar-refractivity contribution in [1.29, 1.82) is 0 Å². The first kappa shape index (κ1) is 27.6. The van der Waals surface area contributed by atoms with Gasteiger partial charge in [0.05, 0.1) is 12.2 Å². The lowest BCUT2D eigenvalue weighted by Crippen LogP contribution is -2.17. The van der Waals surface area contributed by atoms with Crippen LogP contribution in [-0.2, 0) is 14.5 Å². The number of carbonyl (C=O) groups is 4. The molecule has 0 N–H and O–H groups in total. The van der Waals surface area contributed by atoms with Crippen LogP contribution in [0.25, 0.3) is 0 Å². The van der Waals surface area contributed by atoms with Gasteiger partial charge in [-0.15, -0.1) is 0 Å². The maximum Gasteiger partial charge on any atom is 0.513 e. The van der Waals surface area contributed by atoms with Crippen molar-refractivity contribution in [1.82, 2.24) is 0 Å². The van der Waals surface area contributed by atoms with Gasteiger partial charge in [-0.2, -0.15) is 0 Å². The number of ketones is 1. The second-order valence-corrected chi connectivity index (χ2v) is 7.96. The summed E-state index contributed by atoms with van der Waals surface area (Å²) < 4.78 is 10.1. The van der Waals surface area contributed by atoms with Gasteiger partial charge < -0.3 is 9.47 Å². The van der Waals surface area contributed by atoms with Crippen LogP contribution >= 0.6 is 0 Å². The zero-order valence-corrected chi connectivity index (χ0v) is 20.2. The van der Waals surface area contributed by atoms with Gasteiger partial charge in [-0.05, 0) is 43.2 Å². The Morgan fingerprint density at radius 2 is 1.40 bits per heavy atom. The molecule has 0 aliphatic rings. The lowest BCUT2D eigenvalue weighted by Gasteiger charge is -2.11. The van der Waals surface area contributed by atoms with E-state index in [-0.39, 0.29) is 34.8 Å². The predicted octanol–water partition coefficient (Wildman–Crippen LogP) is 6.47. The molecule has 8 heteroatoms. The minimum Gasteiger partial charge on any atom is -0.434 e. The quantitative estimate of drug-likeness (QED) is 0.0795. The summed E-state index contributed by atoms with van der Waals surface area (Å²) >= 11 is 0. The summed E-state index contributed by atoms with van der Waals surface area (Å²) in [5, 5.41) is 0. The fourth-order valence-electron chi connectivity index (χ4n) is 3.15. The summed E-state index contributed by atoms with van der Waals surface area (Å²) in [5.74, 6) is -2.30. The molecule has 0 amide bonds. The molecule has 0 fully saturated rings. The van der Waals surface area contributed by atoms with Gasteiger partial charge in [0.2, 0.25) is 0 Å². The molecule has 0 aliphatic heterocycles. The van der Waals surface area contributed by atoms with Crippen LogP contribution in [0.4, 0.5) is 4.79 Å². The number of benzene rings is 2. The monoisotopic (exact) mass is 484 g/mol. The van der Waals surface area contributed by atoms with E-state index in [0.717, 1.165) is 38.5 Å². The van der Waals surface area contributed by atoms with E-state index in [1.54, 1.807) is 18.2 Å². The summed E-state index contributed by atoms with van der Waals surface area (Å²) in [6, 6.07) is 12.0. The Labute approximate surface area is 205 Å². The summed E-state index contributed by atoms with van der Waals surface area (Å²) in [6.45, 7) is 4.23. The number of ether oxygens (including phenoxy) is 2. The van der Waals surface area contributed by atoms with E-state index in [0.29, 0.717) is 12.8 Å². The van der Waals surface area contributed by atoms with Gasteiger partial charge in [0, 0.05) is 12.0 Å². The van der Waals surface area contributed by atoms with E-state index < -0.39 is 18.1 Å². The Morgan fingerprint density at radius 1 is 0.714 bits per heavy atom. The van der Waals surface area contributed by atoms with E-state index in [9.17, 15) is 19.2 Å². The molecule has 2 aromatic carbocycles. The first-order valence-corrected chi connectivity index (χ1v) is 12.0. The van der Waals surface area contributed by atoms with Crippen molar-refractivity contribution in [2.24, 2.45) is 0 Å². The van der Waals surface area contributed by atoms with E-state index in [4.69, 9.17) is 14.4 Å². The van der Waals surface area contributed by atoms with Crippen LogP contribution < -0.4 is 4.74 Å². The molecule has 0 atom stereocenters. The minimum absolute atomic E-state index is 0.158. The molecule has 0 heterocycles. The molecule has 8 nitrogen and oxygen atoms in total. The van der Waals surface area contributed by atoms with E-state index in [2.05, 4.69) is 11.8 Å². The van der Waals surface area contributed by atoms with Gasteiger partial charge in [0.25, 0.3) is 0 Å². The van der Waals surface area contributed by atoms with Crippen LogP contribution in [0, 0.1) is 0 Å². The summed E-state index contributed by atoms with van der Waals surface area (Å²) in [6.07, 6.45) is 5.76. The van der Waals surface area contributed by atoms with Crippen LogP contribution in [0.1, 0.15) is 96.3 Å². The first-order chi connectivity index (χ1) is 17.0. The maximum absolute atomic E-state index is 12.7. The standard InChI is InChI=1S/C27H32O8/c1-3-5-7-8-12-15-23(28)21-16-17-24(33-27(31)32-18-6-4-2)22(19-21)26(30)35-34-25(29)20-13-10-9-11-14-20/h9-11,13-14,16-17,19H,3-8,12,15,18H2,1-2H3. The zero-order valence-electron chi connectivity index (χ0n) is 20.2. The van der Waals surface area contributed by atoms with Crippen molar-refractivity contribution < 1.29 is 38.4 Å². The van der Waals surface area contributed by atoms with Gasteiger partial charge in [0.1, 0.15) is 11.3 Å². The lowest BCUT2D eigenvalue weighted by atomic mass is 10.0. The van der Waals surface area contributed by atoms with Crippen molar-refractivity contribution in [2.45, 2.75) is 65.2 Å². The SMILES string of the molecule is CCCCCCCC(=O)c1ccc(OC(=O)OCCCC)c(C(=O)OOC(=O)c2ccccc2)c1. The Hall–Kier alpha value is -3.68. The molecular weight excluding hydrogens is 452 g/mol. The van der Waals surface area contributed by atoms with E-state index >= 15 is 0 Å². The van der Waals surface area contributed by atoms with Crippen molar-refractivity contribution in [3.63, 3.8) is 0 Å². The minimum atomic E-state index is -1.09. The number of hydrogen-bond donors (Lipinski definition) is 0. The molecule has 0 aromatic heterocycles. The van der Waals surface area contributed by atoms with E-state index in [1.165, 1.54) is 30.3 Å². The molecule has 0 radical (unpaired) electrons. The Bertz CT molecular complexity index is 984. The fraction of sp³-hybridized carbons (Fsp3) is 0.407. The van der Waals surface area contributed by atoms with Gasteiger partial charge >= 0.3 is 18.1 Å². The molecule has 2 rings (SSSR count). The molecule has 0 spiro atoms. The lowest BCUT2D eigenvalue weighted by molar-refractivity contribution is -0.187. The van der Waals surface area contributed by atoms with Crippen LogP contribution in [0.3, 0.4) is 0 Å². The molecule has 0 saturated heterocycles. The van der Waals surface area contributed by atoms with Crippen molar-refractivity contribution >= 4 is 23.9 Å². The van der Waals surface area contributed by atoms with Crippen LogP contribution in [0.5, 0.6) is 5.75 Å². The summed E-state index contributed by atoms with van der Waals surface area (Å²) in [5.41, 5.74) is 0.201. The zero-order chi connectivity index (χ0) is 25.5. The normalized spacial score (nSPS) is 10.3. The fourth-order valence-corrected chi connectivity index (χ4v) is 3.15. The molecule has 0 aliphatic carbocycles. The van der Waals surface area contributed by atoms with Crippen molar-refractivity contribution in [2.75, 3.05) is 6.61 Å². The topological polar surface area (TPSA) is 105 Å². The molecule has 188 valence electrons. The molecule has 0 bridgehead atoms. The van der Waals surface area contributed by atoms with Gasteiger partial charge in [-0.1, -0.05) is 64.2 Å². The molecule has 0 saturated carbocycles. The highest BCUT2D eigenvalue weighted by atomic mass is 17.2. The average molecular weight is 485 g/mol. The first-order valence-electron chi connectivity index (χ1n) is 12.0. The number of rotatable bonds is 13. The number of hydrogen-bond acceptors (Lipinski definition) is 8. The smallest absolute Gasteiger partial charge is 0.434 e. The second-order valence-electron chi connectivity index (χ2n) is 7.96. The average Bonchev–Trinajstić information content (AvgIpc) is 2.87. The summed E-state index contributed by atoms with van der Waals surface area (Å²) in [4.78, 5) is 58.8. The number of Topliss-reactive ketones (excluding diaryl/α,β-unsaturated/α-hetero) is 1. The molecule has 35 heavy (non-hydrogen) atoms. The third-order valence-corrected chi connectivity index (χ3v) is 5.14. The number of carbonyl (C=O) groups excluding carboxylic acids is 4. The third kappa shape index (κ3) is 9.60. The Kier molecular flexibility index (Phi) is 12.0. The summed E-state index contributed by atoms with van der Waals surface area (Å²) in [7, 11) is 0. The maximum atomic E-state index is 12.7. The Morgan fingerprint density at radius 3 is 2.11 bits per heavy atom. The highest BCUT2D eigenvalue weighted by Gasteiger charge is 2.22. The Balaban J connectivity index is 2.13. The number of unbranched alkanes of at least 4 members (excludes halogenated alkanes) is 5. The predicted molar refractivity (Wildman–Crippen MR) is 128 cm³/mol. The van der Waals surface area contributed by atoms with Crippen molar-refractivity contribution in [3.05, 3.63) is 65.2 Å². The second kappa shape index (κ2) is 15.3. The highest BCUT2D eigenvalue weighted by Crippen LogP contribution is 2.24.